The molecule has 5 nitrogen and oxygen atoms in total. The molecule has 1 unspecified atom stereocenters. The van der Waals surface area contributed by atoms with Gasteiger partial charge in [-0.3, -0.25) is 9.20 Å². The molecular formula is C16H17N3O2. The Morgan fingerprint density at radius 3 is 3.05 bits per heavy atom. The zero-order valence-electron chi connectivity index (χ0n) is 11.8. The zero-order valence-corrected chi connectivity index (χ0v) is 11.8. The van der Waals surface area contributed by atoms with Crippen molar-refractivity contribution in [3.05, 3.63) is 65.0 Å². The summed E-state index contributed by atoms with van der Waals surface area (Å²) in [6, 6.07) is 11.1. The largest absolute Gasteiger partial charge is 0.469 e. The Morgan fingerprint density at radius 2 is 2.24 bits per heavy atom. The van der Waals surface area contributed by atoms with Gasteiger partial charge >= 0.3 is 0 Å². The molecule has 0 aliphatic carbocycles. The van der Waals surface area contributed by atoms with Gasteiger partial charge in [0.05, 0.1) is 6.26 Å². The standard InChI is InChI=1S/C16H17N3O2/c1-12(7-8-13-5-4-10-21-13)17-14-11-16(20)19-9-3-2-6-15(19)18-14/h2-6,9-12,17H,7-8H2,1H3. The summed E-state index contributed by atoms with van der Waals surface area (Å²) in [6.07, 6.45) is 5.16. The molecule has 1 atom stereocenters. The number of pyridine rings is 1. The second kappa shape index (κ2) is 5.83. The van der Waals surface area contributed by atoms with Crippen LogP contribution in [0.3, 0.4) is 0 Å². The number of anilines is 1. The molecule has 0 saturated carbocycles. The molecule has 108 valence electrons. The van der Waals surface area contributed by atoms with E-state index in [1.54, 1.807) is 12.5 Å². The summed E-state index contributed by atoms with van der Waals surface area (Å²) in [5, 5.41) is 3.27. The van der Waals surface area contributed by atoms with Crippen molar-refractivity contribution in [2.75, 3.05) is 5.32 Å². The lowest BCUT2D eigenvalue weighted by Crippen LogP contribution is -2.21. The lowest BCUT2D eigenvalue weighted by molar-refractivity contribution is 0.495. The lowest BCUT2D eigenvalue weighted by atomic mass is 10.1. The zero-order chi connectivity index (χ0) is 14.7. The maximum Gasteiger partial charge on any atom is 0.259 e. The van der Waals surface area contributed by atoms with Crippen LogP contribution in [0.2, 0.25) is 0 Å². The predicted octanol–water partition coefficient (Wildman–Crippen LogP) is 2.72. The molecule has 0 saturated heterocycles. The first kappa shape index (κ1) is 13.4. The quantitative estimate of drug-likeness (QED) is 0.782. The number of aryl methyl sites for hydroxylation is 1. The Kier molecular flexibility index (Phi) is 3.73. The normalized spacial score (nSPS) is 12.4. The number of hydrogen-bond donors (Lipinski definition) is 1. The van der Waals surface area contributed by atoms with Crippen LogP contribution in [0.25, 0.3) is 5.65 Å². The topological polar surface area (TPSA) is 59.5 Å². The number of aromatic nitrogens is 2. The van der Waals surface area contributed by atoms with E-state index in [-0.39, 0.29) is 11.6 Å². The van der Waals surface area contributed by atoms with E-state index in [1.807, 2.05) is 30.3 Å². The van der Waals surface area contributed by atoms with Gasteiger partial charge in [-0.25, -0.2) is 4.98 Å². The summed E-state index contributed by atoms with van der Waals surface area (Å²) in [6.45, 7) is 2.07. The minimum absolute atomic E-state index is 0.0821. The highest BCUT2D eigenvalue weighted by atomic mass is 16.3. The third kappa shape index (κ3) is 3.13. The molecule has 0 radical (unpaired) electrons. The summed E-state index contributed by atoms with van der Waals surface area (Å²) < 4.78 is 6.84. The summed E-state index contributed by atoms with van der Waals surface area (Å²) in [5.74, 6) is 1.58. The second-order valence-electron chi connectivity index (χ2n) is 5.07. The molecule has 0 bridgehead atoms. The van der Waals surface area contributed by atoms with Gasteiger partial charge in [-0.15, -0.1) is 0 Å². The fraction of sp³-hybridized carbons (Fsp3) is 0.250. The first-order valence-electron chi connectivity index (χ1n) is 7.00. The average Bonchev–Trinajstić information content (AvgIpc) is 2.98. The number of rotatable bonds is 5. The smallest absolute Gasteiger partial charge is 0.259 e. The van der Waals surface area contributed by atoms with Crippen LogP contribution in [0, 0.1) is 0 Å². The molecule has 0 spiro atoms. The molecule has 1 N–H and O–H groups in total. The van der Waals surface area contributed by atoms with Crippen LogP contribution >= 0.6 is 0 Å². The van der Waals surface area contributed by atoms with Crippen molar-refractivity contribution in [1.29, 1.82) is 0 Å². The van der Waals surface area contributed by atoms with E-state index in [0.717, 1.165) is 18.6 Å². The first-order valence-corrected chi connectivity index (χ1v) is 7.00. The first-order chi connectivity index (χ1) is 10.2. The molecule has 0 aliphatic heterocycles. The van der Waals surface area contributed by atoms with Gasteiger partial charge in [0.2, 0.25) is 0 Å². The maximum atomic E-state index is 12.0. The average molecular weight is 283 g/mol. The van der Waals surface area contributed by atoms with Crippen LogP contribution in [-0.2, 0) is 6.42 Å². The van der Waals surface area contributed by atoms with Gasteiger partial charge in [0.15, 0.2) is 0 Å². The molecule has 0 aromatic carbocycles. The van der Waals surface area contributed by atoms with Gasteiger partial charge in [-0.1, -0.05) is 6.07 Å². The summed E-state index contributed by atoms with van der Waals surface area (Å²) >= 11 is 0. The fourth-order valence-corrected chi connectivity index (χ4v) is 2.27. The minimum atomic E-state index is -0.0821. The highest BCUT2D eigenvalue weighted by Gasteiger charge is 2.07. The molecular weight excluding hydrogens is 266 g/mol. The van der Waals surface area contributed by atoms with E-state index in [2.05, 4.69) is 17.2 Å². The molecule has 3 rings (SSSR count). The molecule has 0 aliphatic rings. The van der Waals surface area contributed by atoms with E-state index in [9.17, 15) is 4.79 Å². The number of furan rings is 1. The second-order valence-corrected chi connectivity index (χ2v) is 5.07. The Labute approximate surface area is 122 Å². The van der Waals surface area contributed by atoms with Gasteiger partial charge < -0.3 is 9.73 Å². The molecule has 3 aromatic rings. The monoisotopic (exact) mass is 283 g/mol. The molecule has 0 amide bonds. The van der Waals surface area contributed by atoms with Crippen LogP contribution in [0.5, 0.6) is 0 Å². The predicted molar refractivity (Wildman–Crippen MR) is 81.6 cm³/mol. The van der Waals surface area contributed by atoms with Gasteiger partial charge in [0, 0.05) is 24.7 Å². The van der Waals surface area contributed by atoms with Crippen LogP contribution in [-0.4, -0.2) is 15.4 Å². The third-order valence-corrected chi connectivity index (χ3v) is 3.37. The van der Waals surface area contributed by atoms with Crippen molar-refractivity contribution < 1.29 is 4.42 Å². The molecule has 5 heteroatoms. The Morgan fingerprint density at radius 1 is 1.33 bits per heavy atom. The highest BCUT2D eigenvalue weighted by molar-refractivity contribution is 5.46. The Balaban J connectivity index is 1.71. The molecule has 21 heavy (non-hydrogen) atoms. The number of nitrogens with one attached hydrogen (secondary N) is 1. The van der Waals surface area contributed by atoms with Crippen LogP contribution in [0.4, 0.5) is 5.82 Å². The number of nitrogens with zero attached hydrogens (tertiary/aromatic N) is 2. The van der Waals surface area contributed by atoms with Gasteiger partial charge in [-0.05, 0) is 37.6 Å². The Hall–Kier alpha value is -2.56. The van der Waals surface area contributed by atoms with E-state index in [0.29, 0.717) is 11.5 Å². The van der Waals surface area contributed by atoms with Crippen molar-refractivity contribution in [1.82, 2.24) is 9.38 Å². The summed E-state index contributed by atoms with van der Waals surface area (Å²) in [7, 11) is 0. The van der Waals surface area contributed by atoms with Gasteiger partial charge in [0.25, 0.3) is 5.56 Å². The SMILES string of the molecule is CC(CCc1ccco1)Nc1cc(=O)n2ccccc2n1. The molecule has 3 aromatic heterocycles. The highest BCUT2D eigenvalue weighted by Crippen LogP contribution is 2.10. The van der Waals surface area contributed by atoms with E-state index in [4.69, 9.17) is 4.42 Å². The van der Waals surface area contributed by atoms with E-state index < -0.39 is 0 Å². The summed E-state index contributed by atoms with van der Waals surface area (Å²) in [5.41, 5.74) is 0.562. The van der Waals surface area contributed by atoms with Crippen LogP contribution in [0.15, 0.2) is 58.1 Å². The van der Waals surface area contributed by atoms with Crippen LogP contribution in [0.1, 0.15) is 19.1 Å². The molecule has 0 fully saturated rings. The van der Waals surface area contributed by atoms with E-state index in [1.165, 1.54) is 10.5 Å². The fourth-order valence-electron chi connectivity index (χ4n) is 2.27. The number of hydrogen-bond acceptors (Lipinski definition) is 4. The minimum Gasteiger partial charge on any atom is -0.469 e. The third-order valence-electron chi connectivity index (χ3n) is 3.37. The van der Waals surface area contributed by atoms with Gasteiger partial charge in [-0.2, -0.15) is 0 Å². The van der Waals surface area contributed by atoms with Crippen molar-refractivity contribution >= 4 is 11.5 Å². The van der Waals surface area contributed by atoms with E-state index >= 15 is 0 Å². The van der Waals surface area contributed by atoms with Gasteiger partial charge in [0.1, 0.15) is 17.2 Å². The van der Waals surface area contributed by atoms with Crippen molar-refractivity contribution in [3.63, 3.8) is 0 Å². The van der Waals surface area contributed by atoms with Crippen molar-refractivity contribution in [2.24, 2.45) is 0 Å². The summed E-state index contributed by atoms with van der Waals surface area (Å²) in [4.78, 5) is 16.4. The lowest BCUT2D eigenvalue weighted by Gasteiger charge is -2.14. The van der Waals surface area contributed by atoms with Crippen LogP contribution < -0.4 is 10.9 Å². The maximum absolute atomic E-state index is 12.0. The Bertz CT molecular complexity index is 778. The van der Waals surface area contributed by atoms with Crippen molar-refractivity contribution in [2.45, 2.75) is 25.8 Å². The van der Waals surface area contributed by atoms with Crippen molar-refractivity contribution in [3.8, 4) is 0 Å². The number of fused-ring (bicyclic) bond motifs is 1. The molecule has 3 heterocycles.